The molecule has 0 bridgehead atoms. The molecule has 1 rings (SSSR count). The van der Waals surface area contributed by atoms with E-state index in [0.717, 1.165) is 5.56 Å². The van der Waals surface area contributed by atoms with E-state index in [9.17, 15) is 0 Å². The third kappa shape index (κ3) is 4.67. The van der Waals surface area contributed by atoms with E-state index in [1.807, 2.05) is 0 Å². The second-order valence-electron chi connectivity index (χ2n) is 4.34. The lowest BCUT2D eigenvalue weighted by atomic mass is 10.1. The molecule has 0 fully saturated rings. The first kappa shape index (κ1) is 15.7. The molecular formula is C14H18ClNO3. The van der Waals surface area contributed by atoms with Crippen molar-refractivity contribution >= 4 is 23.9 Å². The molecule has 2 N–H and O–H groups in total. The number of hydrogen-bond acceptors (Lipinski definition) is 4. The Hall–Kier alpha value is -1.36. The van der Waals surface area contributed by atoms with Crippen molar-refractivity contribution < 1.29 is 14.9 Å². The molecule has 0 amide bonds. The largest absolute Gasteiger partial charge is 0.496 e. The molecule has 0 aromatic heterocycles. The fourth-order valence-corrected chi connectivity index (χ4v) is 1.52. The number of methoxy groups -OCH3 is 1. The maximum Gasteiger partial charge on any atom is 0.126 e. The third-order valence-electron chi connectivity index (χ3n) is 2.62. The SMILES string of the molecule is COc1ccc(Cl)cc1C=CC=NC(C)(CO)CO. The van der Waals surface area contributed by atoms with Crippen molar-refractivity contribution in [1.29, 1.82) is 0 Å². The van der Waals surface area contributed by atoms with Crippen LogP contribution in [0.2, 0.25) is 5.02 Å². The molecule has 0 aliphatic heterocycles. The standard InChI is InChI=1S/C14H18ClNO3/c1-14(9-17,10-18)16-7-3-4-11-8-12(15)5-6-13(11)19-2/h3-8,17-18H,9-10H2,1-2H3. The fraction of sp³-hybridized carbons (Fsp3) is 0.357. The highest BCUT2D eigenvalue weighted by molar-refractivity contribution is 6.30. The minimum atomic E-state index is -0.858. The maximum absolute atomic E-state index is 9.08. The summed E-state index contributed by atoms with van der Waals surface area (Å²) in [6.07, 6.45) is 5.04. The Morgan fingerprint density at radius 3 is 2.63 bits per heavy atom. The van der Waals surface area contributed by atoms with Crippen LogP contribution in [0.25, 0.3) is 6.08 Å². The van der Waals surface area contributed by atoms with E-state index in [0.29, 0.717) is 10.8 Å². The van der Waals surface area contributed by atoms with Gasteiger partial charge >= 0.3 is 0 Å². The van der Waals surface area contributed by atoms with Crippen LogP contribution < -0.4 is 4.74 Å². The zero-order valence-electron chi connectivity index (χ0n) is 11.0. The highest BCUT2D eigenvalue weighted by Gasteiger charge is 2.19. The van der Waals surface area contributed by atoms with E-state index in [1.165, 1.54) is 6.21 Å². The number of hydrogen-bond donors (Lipinski definition) is 2. The molecule has 4 nitrogen and oxygen atoms in total. The summed E-state index contributed by atoms with van der Waals surface area (Å²) >= 11 is 5.91. The molecule has 104 valence electrons. The van der Waals surface area contributed by atoms with Crippen LogP contribution in [0, 0.1) is 0 Å². The number of halogens is 1. The van der Waals surface area contributed by atoms with Crippen LogP contribution in [-0.4, -0.2) is 42.3 Å². The quantitative estimate of drug-likeness (QED) is 0.787. The van der Waals surface area contributed by atoms with Gasteiger partial charge in [0.1, 0.15) is 11.3 Å². The van der Waals surface area contributed by atoms with E-state index in [-0.39, 0.29) is 13.2 Å². The number of aliphatic hydroxyl groups is 2. The number of aliphatic hydroxyl groups excluding tert-OH is 2. The normalized spacial score (nSPS) is 12.5. The van der Waals surface area contributed by atoms with Crippen LogP contribution in [0.5, 0.6) is 5.75 Å². The molecule has 1 aromatic carbocycles. The van der Waals surface area contributed by atoms with Gasteiger partial charge in [-0.1, -0.05) is 11.6 Å². The minimum Gasteiger partial charge on any atom is -0.496 e. The lowest BCUT2D eigenvalue weighted by Gasteiger charge is -2.18. The molecule has 0 atom stereocenters. The Labute approximate surface area is 118 Å². The molecule has 5 heteroatoms. The molecule has 1 aromatic rings. The zero-order valence-corrected chi connectivity index (χ0v) is 11.8. The molecular weight excluding hydrogens is 266 g/mol. The average Bonchev–Trinajstić information content (AvgIpc) is 2.43. The van der Waals surface area contributed by atoms with Gasteiger partial charge in [-0.25, -0.2) is 0 Å². The monoisotopic (exact) mass is 283 g/mol. The van der Waals surface area contributed by atoms with Gasteiger partial charge in [0, 0.05) is 16.8 Å². The first-order valence-corrected chi connectivity index (χ1v) is 6.19. The second-order valence-corrected chi connectivity index (χ2v) is 4.77. The summed E-state index contributed by atoms with van der Waals surface area (Å²) in [5.74, 6) is 0.709. The summed E-state index contributed by atoms with van der Waals surface area (Å²) in [6.45, 7) is 1.24. The number of aliphatic imine (C=N–C) groups is 1. The Morgan fingerprint density at radius 1 is 1.37 bits per heavy atom. The molecule has 19 heavy (non-hydrogen) atoms. The van der Waals surface area contributed by atoms with Crippen LogP contribution in [0.1, 0.15) is 12.5 Å². The van der Waals surface area contributed by atoms with Crippen LogP contribution in [0.15, 0.2) is 29.3 Å². The van der Waals surface area contributed by atoms with Crippen molar-refractivity contribution in [3.8, 4) is 5.75 Å². The second kappa shape index (κ2) is 7.28. The topological polar surface area (TPSA) is 62.0 Å². The first-order valence-electron chi connectivity index (χ1n) is 5.82. The minimum absolute atomic E-state index is 0.214. The van der Waals surface area contributed by atoms with E-state index in [2.05, 4.69) is 4.99 Å². The fourth-order valence-electron chi connectivity index (χ4n) is 1.34. The number of rotatable bonds is 6. The van der Waals surface area contributed by atoms with Crippen molar-refractivity contribution in [2.75, 3.05) is 20.3 Å². The molecule has 0 radical (unpaired) electrons. The lowest BCUT2D eigenvalue weighted by molar-refractivity contribution is 0.136. The van der Waals surface area contributed by atoms with Crippen LogP contribution in [-0.2, 0) is 0 Å². The molecule has 0 spiro atoms. The van der Waals surface area contributed by atoms with Gasteiger partial charge in [-0.2, -0.15) is 0 Å². The summed E-state index contributed by atoms with van der Waals surface area (Å²) < 4.78 is 5.21. The molecule has 0 aliphatic rings. The van der Waals surface area contributed by atoms with Crippen LogP contribution in [0.4, 0.5) is 0 Å². The van der Waals surface area contributed by atoms with Gasteiger partial charge in [0.15, 0.2) is 0 Å². The van der Waals surface area contributed by atoms with Gasteiger partial charge in [-0.15, -0.1) is 0 Å². The van der Waals surface area contributed by atoms with Crippen molar-refractivity contribution in [2.24, 2.45) is 4.99 Å². The van der Waals surface area contributed by atoms with Crippen LogP contribution in [0.3, 0.4) is 0 Å². The molecule has 0 heterocycles. The third-order valence-corrected chi connectivity index (χ3v) is 2.86. The van der Waals surface area contributed by atoms with Crippen molar-refractivity contribution in [1.82, 2.24) is 0 Å². The predicted octanol–water partition coefficient (Wildman–Crippen LogP) is 2.18. The van der Waals surface area contributed by atoms with E-state index in [4.69, 9.17) is 26.6 Å². The van der Waals surface area contributed by atoms with Crippen molar-refractivity contribution in [3.63, 3.8) is 0 Å². The van der Waals surface area contributed by atoms with E-state index in [1.54, 1.807) is 44.4 Å². The summed E-state index contributed by atoms with van der Waals surface area (Å²) in [4.78, 5) is 4.10. The molecule has 0 saturated carbocycles. The number of nitrogens with zero attached hydrogens (tertiary/aromatic N) is 1. The van der Waals surface area contributed by atoms with Crippen LogP contribution >= 0.6 is 11.6 Å². The van der Waals surface area contributed by atoms with Gasteiger partial charge < -0.3 is 14.9 Å². The summed E-state index contributed by atoms with van der Waals surface area (Å²) in [5, 5.41) is 18.8. The predicted molar refractivity (Wildman–Crippen MR) is 78.1 cm³/mol. The van der Waals surface area contributed by atoms with E-state index < -0.39 is 5.54 Å². The van der Waals surface area contributed by atoms with Gasteiger partial charge in [-0.05, 0) is 37.3 Å². The Morgan fingerprint density at radius 2 is 2.05 bits per heavy atom. The number of ether oxygens (including phenoxy) is 1. The Bertz CT molecular complexity index is 468. The van der Waals surface area contributed by atoms with Gasteiger partial charge in [-0.3, -0.25) is 4.99 Å². The molecule has 0 saturated heterocycles. The highest BCUT2D eigenvalue weighted by Crippen LogP contribution is 2.23. The maximum atomic E-state index is 9.08. The number of benzene rings is 1. The molecule has 0 aliphatic carbocycles. The zero-order chi connectivity index (χ0) is 14.3. The van der Waals surface area contributed by atoms with Gasteiger partial charge in [0.25, 0.3) is 0 Å². The van der Waals surface area contributed by atoms with Gasteiger partial charge in [0.05, 0.1) is 20.3 Å². The van der Waals surface area contributed by atoms with E-state index >= 15 is 0 Å². The average molecular weight is 284 g/mol. The van der Waals surface area contributed by atoms with Crippen molar-refractivity contribution in [3.05, 3.63) is 34.9 Å². The Kier molecular flexibility index (Phi) is 6.02. The lowest BCUT2D eigenvalue weighted by Crippen LogP contribution is -2.31. The van der Waals surface area contributed by atoms with Gasteiger partial charge in [0.2, 0.25) is 0 Å². The first-order chi connectivity index (χ1) is 9.04. The summed E-state index contributed by atoms with van der Waals surface area (Å²) in [6, 6.07) is 5.31. The Balaban J connectivity index is 2.82. The molecule has 0 unspecified atom stereocenters. The smallest absolute Gasteiger partial charge is 0.126 e. The number of allylic oxidation sites excluding steroid dienone is 1. The van der Waals surface area contributed by atoms with Crippen molar-refractivity contribution in [2.45, 2.75) is 12.5 Å². The summed E-state index contributed by atoms with van der Waals surface area (Å²) in [7, 11) is 1.59. The summed E-state index contributed by atoms with van der Waals surface area (Å²) in [5.41, 5.74) is -0.0286. The highest BCUT2D eigenvalue weighted by atomic mass is 35.5.